The van der Waals surface area contributed by atoms with Crippen LogP contribution in [0.4, 0.5) is 0 Å². The van der Waals surface area contributed by atoms with E-state index >= 15 is 0 Å². The van der Waals surface area contributed by atoms with E-state index < -0.39 is 0 Å². The van der Waals surface area contributed by atoms with E-state index in [9.17, 15) is 0 Å². The number of nitrogens with one attached hydrogen (secondary N) is 1. The highest BCUT2D eigenvalue weighted by Gasteiger charge is 2.16. The van der Waals surface area contributed by atoms with E-state index in [1.165, 1.54) is 16.8 Å². The Morgan fingerprint density at radius 3 is 2.48 bits per heavy atom. The molecule has 21 heavy (non-hydrogen) atoms. The lowest BCUT2D eigenvalue weighted by molar-refractivity contribution is 0.364. The zero-order chi connectivity index (χ0) is 15.6. The van der Waals surface area contributed by atoms with Crippen molar-refractivity contribution in [1.82, 2.24) is 24.9 Å². The van der Waals surface area contributed by atoms with Gasteiger partial charge in [0.15, 0.2) is 0 Å². The molecule has 0 aliphatic rings. The average Bonchev–Trinajstić information content (AvgIpc) is 3.00. The molecule has 0 aromatic carbocycles. The maximum absolute atomic E-state index is 4.57. The molecule has 0 saturated heterocycles. The topological polar surface area (TPSA) is 47.7 Å². The van der Waals surface area contributed by atoms with Crippen LogP contribution in [0.2, 0.25) is 0 Å². The van der Waals surface area contributed by atoms with Crippen molar-refractivity contribution in [2.45, 2.75) is 66.7 Å². The molecule has 2 atom stereocenters. The van der Waals surface area contributed by atoms with Crippen LogP contribution < -0.4 is 5.32 Å². The number of hydrogen-bond donors (Lipinski definition) is 1. The highest BCUT2D eigenvalue weighted by Crippen LogP contribution is 2.15. The first-order valence-corrected chi connectivity index (χ1v) is 7.71. The third-order valence-electron chi connectivity index (χ3n) is 4.30. The fourth-order valence-electron chi connectivity index (χ4n) is 2.62. The zero-order valence-corrected chi connectivity index (χ0v) is 14.0. The molecule has 2 aromatic rings. The van der Waals surface area contributed by atoms with Crippen molar-refractivity contribution >= 4 is 0 Å². The van der Waals surface area contributed by atoms with Gasteiger partial charge < -0.3 is 5.32 Å². The second-order valence-corrected chi connectivity index (χ2v) is 5.87. The van der Waals surface area contributed by atoms with Gasteiger partial charge in [0.1, 0.15) is 0 Å². The van der Waals surface area contributed by atoms with Crippen LogP contribution in [-0.2, 0) is 13.1 Å². The maximum Gasteiger partial charge on any atom is 0.0641 e. The Balaban J connectivity index is 2.01. The summed E-state index contributed by atoms with van der Waals surface area (Å²) in [5.74, 6) is 0. The highest BCUT2D eigenvalue weighted by atomic mass is 15.3. The lowest BCUT2D eigenvalue weighted by Crippen LogP contribution is -2.33. The fraction of sp³-hybridized carbons (Fsp3) is 0.625. The van der Waals surface area contributed by atoms with Crippen molar-refractivity contribution in [3.63, 3.8) is 0 Å². The smallest absolute Gasteiger partial charge is 0.0641 e. The Bertz CT molecular complexity index is 596. The van der Waals surface area contributed by atoms with Crippen LogP contribution >= 0.6 is 0 Å². The predicted molar refractivity (Wildman–Crippen MR) is 85.4 cm³/mol. The van der Waals surface area contributed by atoms with Crippen molar-refractivity contribution in [2.24, 2.45) is 0 Å². The Kier molecular flexibility index (Phi) is 4.83. The molecular weight excluding hydrogens is 262 g/mol. The summed E-state index contributed by atoms with van der Waals surface area (Å²) in [6, 6.07) is 0.661. The zero-order valence-electron chi connectivity index (χ0n) is 14.0. The van der Waals surface area contributed by atoms with Crippen LogP contribution in [0.5, 0.6) is 0 Å². The second-order valence-electron chi connectivity index (χ2n) is 5.87. The number of hydrogen-bond acceptors (Lipinski definition) is 3. The van der Waals surface area contributed by atoms with Crippen molar-refractivity contribution in [2.75, 3.05) is 0 Å². The summed E-state index contributed by atoms with van der Waals surface area (Å²) in [6.45, 7) is 14.6. The summed E-state index contributed by atoms with van der Waals surface area (Å²) in [6.07, 6.45) is 4.00. The standard InChI is InChI=1S/C16H27N5/c1-7-20-15(6)16(13(4)19-20)9-17-12(3)14(5)21-10-11(2)8-18-21/h8,10,12,14,17H,7,9H2,1-6H3/t12-,14-/m0/s1. The molecule has 0 spiro atoms. The molecule has 0 fully saturated rings. The molecule has 2 aromatic heterocycles. The maximum atomic E-state index is 4.57. The molecule has 0 amide bonds. The normalized spacial score (nSPS) is 14.4. The Labute approximate surface area is 127 Å². The number of aromatic nitrogens is 4. The summed E-state index contributed by atoms with van der Waals surface area (Å²) < 4.78 is 4.10. The van der Waals surface area contributed by atoms with E-state index in [1.807, 2.05) is 10.9 Å². The predicted octanol–water partition coefficient (Wildman–Crippen LogP) is 2.76. The molecule has 2 heterocycles. The minimum Gasteiger partial charge on any atom is -0.308 e. The summed E-state index contributed by atoms with van der Waals surface area (Å²) in [7, 11) is 0. The minimum atomic E-state index is 0.320. The molecule has 0 unspecified atom stereocenters. The Morgan fingerprint density at radius 1 is 1.24 bits per heavy atom. The van der Waals surface area contributed by atoms with Crippen LogP contribution in [0.3, 0.4) is 0 Å². The van der Waals surface area contributed by atoms with Gasteiger partial charge in [-0.05, 0) is 47.1 Å². The van der Waals surface area contributed by atoms with Gasteiger partial charge in [0.2, 0.25) is 0 Å². The molecule has 0 bridgehead atoms. The lowest BCUT2D eigenvalue weighted by atomic mass is 10.1. The van der Waals surface area contributed by atoms with E-state index in [2.05, 4.69) is 67.9 Å². The SMILES string of the molecule is CCn1nc(C)c(CN[C@@H](C)[C@H](C)n2cc(C)cn2)c1C. The van der Waals surface area contributed by atoms with Crippen molar-refractivity contribution in [3.05, 3.63) is 34.9 Å². The van der Waals surface area contributed by atoms with E-state index in [4.69, 9.17) is 0 Å². The lowest BCUT2D eigenvalue weighted by Gasteiger charge is -2.22. The van der Waals surface area contributed by atoms with Gasteiger partial charge in [0.05, 0.1) is 17.9 Å². The molecule has 1 N–H and O–H groups in total. The summed E-state index contributed by atoms with van der Waals surface area (Å²) in [4.78, 5) is 0. The number of aryl methyl sites for hydroxylation is 3. The Hall–Kier alpha value is -1.62. The quantitative estimate of drug-likeness (QED) is 0.889. The first kappa shape index (κ1) is 15.8. The molecular formula is C16H27N5. The highest BCUT2D eigenvalue weighted by molar-refractivity contribution is 5.24. The van der Waals surface area contributed by atoms with Crippen LogP contribution in [0, 0.1) is 20.8 Å². The molecule has 5 nitrogen and oxygen atoms in total. The van der Waals surface area contributed by atoms with Crippen molar-refractivity contribution in [3.8, 4) is 0 Å². The third-order valence-corrected chi connectivity index (χ3v) is 4.30. The molecule has 0 radical (unpaired) electrons. The van der Waals surface area contributed by atoms with Gasteiger partial charge in [0, 0.05) is 36.6 Å². The second kappa shape index (κ2) is 6.43. The van der Waals surface area contributed by atoms with Crippen molar-refractivity contribution in [1.29, 1.82) is 0 Å². The Morgan fingerprint density at radius 2 is 1.95 bits per heavy atom. The van der Waals surface area contributed by atoms with Crippen LogP contribution in [0.25, 0.3) is 0 Å². The van der Waals surface area contributed by atoms with Gasteiger partial charge in [0.25, 0.3) is 0 Å². The summed E-state index contributed by atoms with van der Waals surface area (Å²) in [5.41, 5.74) is 4.89. The van der Waals surface area contributed by atoms with E-state index in [1.54, 1.807) is 0 Å². The largest absolute Gasteiger partial charge is 0.308 e. The first-order valence-electron chi connectivity index (χ1n) is 7.71. The molecule has 0 aliphatic carbocycles. The van der Waals surface area contributed by atoms with E-state index in [-0.39, 0.29) is 0 Å². The monoisotopic (exact) mass is 289 g/mol. The average molecular weight is 289 g/mol. The molecule has 2 rings (SSSR count). The van der Waals surface area contributed by atoms with Gasteiger partial charge in [-0.1, -0.05) is 0 Å². The van der Waals surface area contributed by atoms with Gasteiger partial charge in [-0.2, -0.15) is 10.2 Å². The molecule has 5 heteroatoms. The van der Waals surface area contributed by atoms with Gasteiger partial charge in [-0.3, -0.25) is 9.36 Å². The minimum absolute atomic E-state index is 0.320. The summed E-state index contributed by atoms with van der Waals surface area (Å²) in [5, 5.41) is 12.6. The van der Waals surface area contributed by atoms with Crippen molar-refractivity contribution < 1.29 is 0 Å². The van der Waals surface area contributed by atoms with E-state index in [0.29, 0.717) is 12.1 Å². The van der Waals surface area contributed by atoms with Gasteiger partial charge in [-0.15, -0.1) is 0 Å². The van der Waals surface area contributed by atoms with E-state index in [0.717, 1.165) is 18.8 Å². The molecule has 116 valence electrons. The molecule has 0 aliphatic heterocycles. The molecule has 0 saturated carbocycles. The summed E-state index contributed by atoms with van der Waals surface area (Å²) >= 11 is 0. The number of rotatable bonds is 6. The van der Waals surface area contributed by atoms with Gasteiger partial charge >= 0.3 is 0 Å². The van der Waals surface area contributed by atoms with Crippen LogP contribution in [0.1, 0.15) is 49.3 Å². The number of nitrogens with zero attached hydrogens (tertiary/aromatic N) is 4. The first-order chi connectivity index (χ1) is 9.93. The van der Waals surface area contributed by atoms with Crippen LogP contribution in [-0.4, -0.2) is 25.6 Å². The van der Waals surface area contributed by atoms with Gasteiger partial charge in [-0.25, -0.2) is 0 Å². The fourth-order valence-corrected chi connectivity index (χ4v) is 2.62. The van der Waals surface area contributed by atoms with Crippen LogP contribution in [0.15, 0.2) is 12.4 Å². The third kappa shape index (κ3) is 3.35.